The van der Waals surface area contributed by atoms with Crippen LogP contribution in [0.25, 0.3) is 0 Å². The number of hydrogen-bond acceptors (Lipinski definition) is 6. The van der Waals surface area contributed by atoms with E-state index in [0.29, 0.717) is 0 Å². The van der Waals surface area contributed by atoms with E-state index in [1.54, 1.807) is 24.3 Å². The number of rotatable bonds is 8. The summed E-state index contributed by atoms with van der Waals surface area (Å²) in [5.41, 5.74) is 0.336. The van der Waals surface area contributed by atoms with Gasteiger partial charge in [-0.1, -0.05) is 6.07 Å². The summed E-state index contributed by atoms with van der Waals surface area (Å²) in [7, 11) is -1.18. The smallest absolute Gasteiger partial charge is 0.258 e. The highest BCUT2D eigenvalue weighted by atomic mass is 32.2. The highest BCUT2D eigenvalue weighted by molar-refractivity contribution is 7.91. The van der Waals surface area contributed by atoms with Crippen molar-refractivity contribution in [3.05, 3.63) is 77.5 Å². The number of carbonyl (C=O) groups excluding carboxylic acids is 1. The SMILES string of the molecule is COc1cccc(OC)c1C(=O)NC[C@@H](c1ccco1)S(=O)(=O)c1ccc(F)c(C)c1. The minimum atomic E-state index is -4.01. The summed E-state index contributed by atoms with van der Waals surface area (Å²) in [5.74, 6) is -0.373. The van der Waals surface area contributed by atoms with E-state index in [0.717, 1.165) is 6.07 Å². The molecule has 2 aromatic carbocycles. The predicted octanol–water partition coefficient (Wildman–Crippen LogP) is 3.69. The Hall–Kier alpha value is -3.33. The van der Waals surface area contributed by atoms with Crippen LogP contribution in [0.3, 0.4) is 0 Å². The molecule has 1 heterocycles. The molecule has 9 heteroatoms. The molecule has 0 unspecified atom stereocenters. The lowest BCUT2D eigenvalue weighted by atomic mass is 10.1. The molecule has 0 aliphatic rings. The average molecular weight is 447 g/mol. The monoisotopic (exact) mass is 447 g/mol. The summed E-state index contributed by atoms with van der Waals surface area (Å²) in [6.45, 7) is 1.19. The first-order chi connectivity index (χ1) is 14.8. The first-order valence-corrected chi connectivity index (χ1v) is 10.9. The van der Waals surface area contributed by atoms with Gasteiger partial charge in [0.25, 0.3) is 5.91 Å². The Bertz CT molecular complexity index is 1150. The molecule has 1 atom stereocenters. The molecule has 1 aromatic heterocycles. The number of aryl methyl sites for hydroxylation is 1. The van der Waals surface area contributed by atoms with Crippen LogP contribution in [0.4, 0.5) is 4.39 Å². The van der Waals surface area contributed by atoms with Gasteiger partial charge < -0.3 is 19.2 Å². The number of hydrogen-bond donors (Lipinski definition) is 1. The molecule has 1 amide bonds. The number of furan rings is 1. The molecule has 0 fully saturated rings. The number of amides is 1. The van der Waals surface area contributed by atoms with E-state index in [1.165, 1.54) is 45.6 Å². The summed E-state index contributed by atoms with van der Waals surface area (Å²) >= 11 is 0. The third-order valence-corrected chi connectivity index (χ3v) is 6.86. The summed E-state index contributed by atoms with van der Waals surface area (Å²) in [4.78, 5) is 12.8. The molecule has 31 heavy (non-hydrogen) atoms. The van der Waals surface area contributed by atoms with Gasteiger partial charge in [0.1, 0.15) is 33.9 Å². The Morgan fingerprint density at radius 3 is 2.32 bits per heavy atom. The normalized spacial score (nSPS) is 12.3. The van der Waals surface area contributed by atoms with E-state index in [9.17, 15) is 17.6 Å². The molecule has 0 saturated heterocycles. The average Bonchev–Trinajstić information content (AvgIpc) is 3.29. The maximum atomic E-state index is 13.7. The molecule has 0 bridgehead atoms. The Morgan fingerprint density at radius 1 is 1.10 bits per heavy atom. The van der Waals surface area contributed by atoms with Crippen molar-refractivity contribution in [2.75, 3.05) is 20.8 Å². The van der Waals surface area contributed by atoms with Gasteiger partial charge in [0, 0.05) is 6.54 Å². The molecule has 0 spiro atoms. The molecular formula is C22H22FNO6S. The molecule has 3 aromatic rings. The topological polar surface area (TPSA) is 94.8 Å². The van der Waals surface area contributed by atoms with Crippen molar-refractivity contribution in [2.45, 2.75) is 17.1 Å². The van der Waals surface area contributed by atoms with E-state index in [1.807, 2.05) is 0 Å². The van der Waals surface area contributed by atoms with Crippen molar-refractivity contribution >= 4 is 15.7 Å². The van der Waals surface area contributed by atoms with Gasteiger partial charge in [-0.3, -0.25) is 4.79 Å². The Labute approximate surface area is 179 Å². The lowest BCUT2D eigenvalue weighted by Crippen LogP contribution is -2.32. The van der Waals surface area contributed by atoms with Crippen LogP contribution in [0.1, 0.15) is 26.9 Å². The summed E-state index contributed by atoms with van der Waals surface area (Å²) in [5, 5.41) is 1.40. The molecule has 1 N–H and O–H groups in total. The number of sulfone groups is 1. The minimum Gasteiger partial charge on any atom is -0.496 e. The number of carbonyl (C=O) groups is 1. The first kappa shape index (κ1) is 22.4. The number of ether oxygens (including phenoxy) is 2. The van der Waals surface area contributed by atoms with Crippen LogP contribution in [0.2, 0.25) is 0 Å². The Kier molecular flexibility index (Phi) is 6.65. The Balaban J connectivity index is 1.94. The van der Waals surface area contributed by atoms with Crippen LogP contribution in [0.5, 0.6) is 11.5 Å². The van der Waals surface area contributed by atoms with Crippen molar-refractivity contribution in [2.24, 2.45) is 0 Å². The van der Waals surface area contributed by atoms with E-state index < -0.39 is 26.8 Å². The number of nitrogens with one attached hydrogen (secondary N) is 1. The zero-order chi connectivity index (χ0) is 22.6. The molecule has 7 nitrogen and oxygen atoms in total. The summed E-state index contributed by atoms with van der Waals surface area (Å²) < 4.78 is 56.1. The van der Waals surface area contributed by atoms with E-state index >= 15 is 0 Å². The molecule has 0 aliphatic carbocycles. The van der Waals surface area contributed by atoms with E-state index in [-0.39, 0.29) is 39.8 Å². The van der Waals surface area contributed by atoms with Crippen LogP contribution in [0.15, 0.2) is 64.1 Å². The van der Waals surface area contributed by atoms with Gasteiger partial charge in [-0.25, -0.2) is 12.8 Å². The Morgan fingerprint density at radius 2 is 1.77 bits per heavy atom. The second kappa shape index (κ2) is 9.22. The highest BCUT2D eigenvalue weighted by Crippen LogP contribution is 2.31. The first-order valence-electron chi connectivity index (χ1n) is 9.32. The second-order valence-electron chi connectivity index (χ2n) is 6.71. The lowest BCUT2D eigenvalue weighted by Gasteiger charge is -2.18. The van der Waals surface area contributed by atoms with Crippen molar-refractivity contribution < 1.29 is 31.5 Å². The minimum absolute atomic E-state index is 0.0723. The zero-order valence-corrected chi connectivity index (χ0v) is 18.0. The van der Waals surface area contributed by atoms with Gasteiger partial charge in [-0.15, -0.1) is 0 Å². The quantitative estimate of drug-likeness (QED) is 0.529. The summed E-state index contributed by atoms with van der Waals surface area (Å²) in [6, 6.07) is 11.5. The standard InChI is InChI=1S/C22H22FNO6S/c1-14-12-15(9-10-16(14)23)31(26,27)20(17-8-5-11-30-17)13-24-22(25)21-18(28-2)6-4-7-19(21)29-3/h4-12,20H,13H2,1-3H3,(H,24,25)/t20-/m0/s1. The molecule has 0 radical (unpaired) electrons. The maximum absolute atomic E-state index is 13.7. The number of halogens is 1. The molecule has 3 rings (SSSR count). The molecular weight excluding hydrogens is 425 g/mol. The van der Waals surface area contributed by atoms with Crippen molar-refractivity contribution in [3.8, 4) is 11.5 Å². The third kappa shape index (κ3) is 4.56. The number of benzene rings is 2. The molecule has 164 valence electrons. The van der Waals surface area contributed by atoms with Crippen LogP contribution < -0.4 is 14.8 Å². The fourth-order valence-electron chi connectivity index (χ4n) is 3.14. The van der Waals surface area contributed by atoms with E-state index in [4.69, 9.17) is 13.9 Å². The van der Waals surface area contributed by atoms with Gasteiger partial charge in [0.05, 0.1) is 25.4 Å². The van der Waals surface area contributed by atoms with E-state index in [2.05, 4.69) is 5.32 Å². The highest BCUT2D eigenvalue weighted by Gasteiger charge is 2.33. The van der Waals surface area contributed by atoms with Gasteiger partial charge in [-0.2, -0.15) is 0 Å². The lowest BCUT2D eigenvalue weighted by molar-refractivity contribution is 0.0947. The third-order valence-electron chi connectivity index (χ3n) is 4.80. The predicted molar refractivity (Wildman–Crippen MR) is 112 cm³/mol. The van der Waals surface area contributed by atoms with Gasteiger partial charge in [0.2, 0.25) is 0 Å². The van der Waals surface area contributed by atoms with Crippen molar-refractivity contribution in [1.82, 2.24) is 5.32 Å². The van der Waals surface area contributed by atoms with Crippen molar-refractivity contribution in [3.63, 3.8) is 0 Å². The van der Waals surface area contributed by atoms with Crippen molar-refractivity contribution in [1.29, 1.82) is 0 Å². The number of methoxy groups -OCH3 is 2. The maximum Gasteiger partial charge on any atom is 0.258 e. The zero-order valence-electron chi connectivity index (χ0n) is 17.2. The van der Waals surface area contributed by atoms with Gasteiger partial charge in [0.15, 0.2) is 9.84 Å². The fraction of sp³-hybridized carbons (Fsp3) is 0.227. The molecule has 0 aliphatic heterocycles. The van der Waals surface area contributed by atoms with Crippen LogP contribution >= 0.6 is 0 Å². The fourth-order valence-corrected chi connectivity index (χ4v) is 4.81. The van der Waals surface area contributed by atoms with Gasteiger partial charge in [-0.05, 0) is 55.0 Å². The summed E-state index contributed by atoms with van der Waals surface area (Å²) in [6.07, 6.45) is 1.35. The van der Waals surface area contributed by atoms with Gasteiger partial charge >= 0.3 is 0 Å². The second-order valence-corrected chi connectivity index (χ2v) is 8.84. The molecule has 0 saturated carbocycles. The van der Waals surface area contributed by atoms with Crippen LogP contribution in [-0.2, 0) is 9.84 Å². The van der Waals surface area contributed by atoms with Crippen LogP contribution in [-0.4, -0.2) is 35.1 Å². The van der Waals surface area contributed by atoms with Crippen LogP contribution in [0, 0.1) is 12.7 Å². The largest absolute Gasteiger partial charge is 0.496 e.